The third kappa shape index (κ3) is 1.31. The van der Waals surface area contributed by atoms with Gasteiger partial charge in [-0.1, -0.05) is 0 Å². The van der Waals surface area contributed by atoms with E-state index in [9.17, 15) is 23.2 Å². The average molecular weight is 274 g/mol. The Hall–Kier alpha value is -1.73. The van der Waals surface area contributed by atoms with Gasteiger partial charge >= 0.3 is 12.0 Å². The standard InChI is InChI=1S/C11H12F2N2O4/c1-2-19-7(16)5-4-3-10(12,13)11(6(4)5)8(17)14-9(18)15-11/h4-6H,2-3H2,1H3,(H2,14,15,17,18)/t4-,5-,6-,11-/m0/s1. The van der Waals surface area contributed by atoms with Crippen LogP contribution in [0.3, 0.4) is 0 Å². The van der Waals surface area contributed by atoms with Crippen LogP contribution in [0.4, 0.5) is 13.6 Å². The first-order valence-electron chi connectivity index (χ1n) is 6.03. The maximum absolute atomic E-state index is 14.0. The van der Waals surface area contributed by atoms with Crippen LogP contribution in [0.15, 0.2) is 0 Å². The molecule has 0 unspecified atom stereocenters. The number of nitrogens with one attached hydrogen (secondary N) is 2. The average Bonchev–Trinajstić information content (AvgIpc) is 2.82. The number of hydrogen-bond donors (Lipinski definition) is 2. The molecule has 6 nitrogen and oxygen atoms in total. The van der Waals surface area contributed by atoms with Gasteiger partial charge in [0.2, 0.25) is 0 Å². The van der Waals surface area contributed by atoms with E-state index >= 15 is 0 Å². The number of alkyl halides is 2. The quantitative estimate of drug-likeness (QED) is 0.549. The van der Waals surface area contributed by atoms with Crippen LogP contribution in [0, 0.1) is 17.8 Å². The van der Waals surface area contributed by atoms with Crippen LogP contribution in [-0.2, 0) is 14.3 Å². The minimum Gasteiger partial charge on any atom is -0.466 e. The highest BCUT2D eigenvalue weighted by Gasteiger charge is 2.84. The fourth-order valence-electron chi connectivity index (χ4n) is 3.44. The second kappa shape index (κ2) is 3.43. The molecule has 0 bridgehead atoms. The van der Waals surface area contributed by atoms with E-state index in [0.717, 1.165) is 0 Å². The normalized spacial score (nSPS) is 41.7. The molecular weight excluding hydrogens is 262 g/mol. The highest BCUT2D eigenvalue weighted by Crippen LogP contribution is 2.68. The molecular formula is C11H12F2N2O4. The SMILES string of the molecule is CCOC(=O)[C@H]1[C@@H]2CC(F)(F)[C@]3(NC(=O)NC3=O)[C@@H]21. The van der Waals surface area contributed by atoms with Crippen LogP contribution >= 0.6 is 0 Å². The van der Waals surface area contributed by atoms with Crippen LogP contribution in [0.1, 0.15) is 13.3 Å². The lowest BCUT2D eigenvalue weighted by Gasteiger charge is -2.31. The number of hydrogen-bond acceptors (Lipinski definition) is 4. The number of esters is 1. The maximum atomic E-state index is 14.0. The Labute approximate surface area is 106 Å². The van der Waals surface area contributed by atoms with Gasteiger partial charge in [-0.05, 0) is 12.8 Å². The van der Waals surface area contributed by atoms with Crippen LogP contribution < -0.4 is 10.6 Å². The molecule has 0 aromatic heterocycles. The summed E-state index contributed by atoms with van der Waals surface area (Å²) in [5.74, 6) is -7.21. The van der Waals surface area contributed by atoms with Gasteiger partial charge in [-0.3, -0.25) is 14.9 Å². The molecule has 1 aliphatic heterocycles. The number of rotatable bonds is 2. The first-order chi connectivity index (χ1) is 8.85. The van der Waals surface area contributed by atoms with E-state index in [0.29, 0.717) is 0 Å². The molecule has 1 saturated heterocycles. The Bertz CT molecular complexity index is 495. The highest BCUT2D eigenvalue weighted by molar-refractivity contribution is 6.09. The summed E-state index contributed by atoms with van der Waals surface area (Å²) >= 11 is 0. The van der Waals surface area contributed by atoms with Gasteiger partial charge in [0, 0.05) is 12.3 Å². The molecule has 2 N–H and O–H groups in total. The Morgan fingerprint density at radius 1 is 1.47 bits per heavy atom. The number of ether oxygens (including phenoxy) is 1. The predicted molar refractivity (Wildman–Crippen MR) is 56.1 cm³/mol. The van der Waals surface area contributed by atoms with Gasteiger partial charge in [-0.2, -0.15) is 0 Å². The van der Waals surface area contributed by atoms with Crippen molar-refractivity contribution in [2.45, 2.75) is 24.8 Å². The molecule has 4 atom stereocenters. The van der Waals surface area contributed by atoms with Gasteiger partial charge in [0.1, 0.15) is 0 Å². The van der Waals surface area contributed by atoms with E-state index < -0.39 is 53.5 Å². The van der Waals surface area contributed by atoms with Gasteiger partial charge in [0.05, 0.1) is 12.5 Å². The molecule has 19 heavy (non-hydrogen) atoms. The van der Waals surface area contributed by atoms with E-state index in [-0.39, 0.29) is 6.61 Å². The second-order valence-corrected chi connectivity index (χ2v) is 5.09. The molecule has 2 aliphatic carbocycles. The summed E-state index contributed by atoms with van der Waals surface area (Å²) < 4.78 is 32.8. The highest BCUT2D eigenvalue weighted by atomic mass is 19.3. The lowest BCUT2D eigenvalue weighted by atomic mass is 9.87. The molecule has 3 aliphatic rings. The van der Waals surface area contributed by atoms with Crippen molar-refractivity contribution in [3.63, 3.8) is 0 Å². The lowest BCUT2D eigenvalue weighted by molar-refractivity contribution is -0.151. The summed E-state index contributed by atoms with van der Waals surface area (Å²) in [6.07, 6.45) is -0.588. The molecule has 0 aromatic rings. The van der Waals surface area contributed by atoms with Gasteiger partial charge < -0.3 is 10.1 Å². The van der Waals surface area contributed by atoms with Crippen LogP contribution in [0.2, 0.25) is 0 Å². The molecule has 3 rings (SSSR count). The topological polar surface area (TPSA) is 84.5 Å². The van der Waals surface area contributed by atoms with Gasteiger partial charge in [-0.25, -0.2) is 13.6 Å². The summed E-state index contributed by atoms with van der Waals surface area (Å²) in [6.45, 7) is 1.77. The second-order valence-electron chi connectivity index (χ2n) is 5.09. The van der Waals surface area contributed by atoms with Crippen molar-refractivity contribution >= 4 is 17.9 Å². The molecule has 104 valence electrons. The van der Waals surface area contributed by atoms with Crippen LogP contribution in [0.25, 0.3) is 0 Å². The zero-order chi connectivity index (χ0) is 14.0. The van der Waals surface area contributed by atoms with Crippen LogP contribution in [-0.4, -0.2) is 36.0 Å². The zero-order valence-electron chi connectivity index (χ0n) is 10.0. The number of carbonyl (C=O) groups is 3. The lowest BCUT2D eigenvalue weighted by Crippen LogP contribution is -2.60. The Kier molecular flexibility index (Phi) is 2.22. The third-order valence-electron chi connectivity index (χ3n) is 4.19. The molecule has 1 spiro atoms. The number of carbonyl (C=O) groups excluding carboxylic acids is 3. The summed E-state index contributed by atoms with van der Waals surface area (Å²) in [5.41, 5.74) is -2.29. The molecule has 8 heteroatoms. The minimum absolute atomic E-state index is 0.150. The van der Waals surface area contributed by atoms with Crippen molar-refractivity contribution in [2.75, 3.05) is 6.61 Å². The Morgan fingerprint density at radius 3 is 2.68 bits per heavy atom. The fraction of sp³-hybridized carbons (Fsp3) is 0.727. The van der Waals surface area contributed by atoms with Crippen molar-refractivity contribution < 1.29 is 27.9 Å². The van der Waals surface area contributed by atoms with E-state index in [1.165, 1.54) is 0 Å². The summed E-state index contributed by atoms with van der Waals surface area (Å²) in [4.78, 5) is 34.6. The number of amides is 3. The van der Waals surface area contributed by atoms with E-state index in [4.69, 9.17) is 4.74 Å². The monoisotopic (exact) mass is 274 g/mol. The maximum Gasteiger partial charge on any atom is 0.322 e. The number of halogens is 2. The fourth-order valence-corrected chi connectivity index (χ4v) is 3.44. The predicted octanol–water partition coefficient (Wildman–Crippen LogP) is 0.0289. The van der Waals surface area contributed by atoms with E-state index in [1.807, 2.05) is 10.6 Å². The summed E-state index contributed by atoms with van der Waals surface area (Å²) in [6, 6.07) is -0.945. The molecule has 3 amide bonds. The van der Waals surface area contributed by atoms with Crippen molar-refractivity contribution in [2.24, 2.45) is 17.8 Å². The van der Waals surface area contributed by atoms with Gasteiger partial charge in [0.25, 0.3) is 11.8 Å². The number of urea groups is 1. The molecule has 0 aromatic carbocycles. The largest absolute Gasteiger partial charge is 0.466 e. The Morgan fingerprint density at radius 2 is 2.16 bits per heavy atom. The van der Waals surface area contributed by atoms with Crippen molar-refractivity contribution in [1.82, 2.24) is 10.6 Å². The number of fused-ring (bicyclic) bond motifs is 2. The minimum atomic E-state index is -3.35. The molecule has 3 fully saturated rings. The smallest absolute Gasteiger partial charge is 0.322 e. The van der Waals surface area contributed by atoms with Crippen molar-refractivity contribution in [3.8, 4) is 0 Å². The first-order valence-corrected chi connectivity index (χ1v) is 6.03. The number of imide groups is 1. The van der Waals surface area contributed by atoms with Gasteiger partial charge in [-0.15, -0.1) is 0 Å². The molecule has 2 saturated carbocycles. The van der Waals surface area contributed by atoms with Crippen molar-refractivity contribution in [1.29, 1.82) is 0 Å². The first kappa shape index (κ1) is 12.3. The zero-order valence-corrected chi connectivity index (χ0v) is 10.0. The molecule has 0 radical (unpaired) electrons. The van der Waals surface area contributed by atoms with E-state index in [2.05, 4.69) is 0 Å². The van der Waals surface area contributed by atoms with Gasteiger partial charge in [0.15, 0.2) is 5.54 Å². The van der Waals surface area contributed by atoms with E-state index in [1.54, 1.807) is 6.92 Å². The summed E-state index contributed by atoms with van der Waals surface area (Å²) in [7, 11) is 0. The Balaban J connectivity index is 1.92. The molecule has 1 heterocycles. The van der Waals surface area contributed by atoms with Crippen molar-refractivity contribution in [3.05, 3.63) is 0 Å². The third-order valence-corrected chi connectivity index (χ3v) is 4.19. The van der Waals surface area contributed by atoms with Crippen LogP contribution in [0.5, 0.6) is 0 Å². The summed E-state index contributed by atoms with van der Waals surface area (Å²) in [5, 5.41) is 3.86.